The first-order chi connectivity index (χ1) is 19.1. The second-order valence-electron chi connectivity index (χ2n) is 9.14. The lowest BCUT2D eigenvalue weighted by atomic mass is 10.0. The maximum atomic E-state index is 13.2. The van der Waals surface area contributed by atoms with Gasteiger partial charge in [-0.25, -0.2) is 8.42 Å². The molecule has 1 amide bonds. The van der Waals surface area contributed by atoms with Gasteiger partial charge in [0.15, 0.2) is 0 Å². The molecule has 40 heavy (non-hydrogen) atoms. The van der Waals surface area contributed by atoms with Crippen LogP contribution in [0, 0.1) is 6.92 Å². The molecule has 10 heteroatoms. The number of benzene rings is 4. The number of amides is 1. The third kappa shape index (κ3) is 6.36. The van der Waals surface area contributed by atoms with Gasteiger partial charge in [0.1, 0.15) is 11.5 Å². The van der Waals surface area contributed by atoms with Crippen molar-refractivity contribution in [2.45, 2.75) is 6.92 Å². The van der Waals surface area contributed by atoms with Gasteiger partial charge in [-0.2, -0.15) is 0 Å². The summed E-state index contributed by atoms with van der Waals surface area (Å²) < 4.78 is 36.5. The molecule has 0 aliphatic heterocycles. The van der Waals surface area contributed by atoms with Crippen molar-refractivity contribution in [2.75, 3.05) is 22.9 Å². The van der Waals surface area contributed by atoms with Crippen LogP contribution in [0.4, 0.5) is 11.4 Å². The molecular formula is C30H26N4O5S. The van der Waals surface area contributed by atoms with Crippen LogP contribution in [0.2, 0.25) is 0 Å². The number of rotatable bonds is 8. The molecule has 1 aromatic heterocycles. The Bertz CT molecular complexity index is 1750. The number of anilines is 2. The molecule has 0 atom stereocenters. The number of nitrogens with zero attached hydrogens (tertiary/aromatic N) is 3. The quantitative estimate of drug-likeness (QED) is 0.245. The topological polar surface area (TPSA) is 115 Å². The molecule has 5 rings (SSSR count). The Balaban J connectivity index is 1.24. The number of aryl methyl sites for hydroxylation is 1. The maximum absolute atomic E-state index is 13.2. The number of aromatic nitrogens is 2. The van der Waals surface area contributed by atoms with E-state index in [0.29, 0.717) is 40.2 Å². The zero-order valence-electron chi connectivity index (χ0n) is 22.0. The van der Waals surface area contributed by atoms with E-state index in [4.69, 9.17) is 9.15 Å². The van der Waals surface area contributed by atoms with E-state index in [1.165, 1.54) is 0 Å². The van der Waals surface area contributed by atoms with Gasteiger partial charge in [0.2, 0.25) is 21.8 Å². The highest BCUT2D eigenvalue weighted by Crippen LogP contribution is 2.28. The summed E-state index contributed by atoms with van der Waals surface area (Å²) in [6, 6.07) is 28.9. The monoisotopic (exact) mass is 554 g/mol. The van der Waals surface area contributed by atoms with Gasteiger partial charge in [-0.05, 0) is 83.9 Å². The van der Waals surface area contributed by atoms with Crippen LogP contribution < -0.4 is 14.4 Å². The van der Waals surface area contributed by atoms with E-state index in [1.54, 1.807) is 79.5 Å². The molecule has 5 aromatic rings. The number of carbonyl (C=O) groups is 1. The minimum atomic E-state index is -3.34. The second kappa shape index (κ2) is 11.0. The molecule has 0 aliphatic carbocycles. The minimum absolute atomic E-state index is 0.149. The SMILES string of the molecule is Cc1nnc(-c2cccc(-c3ccc(C(=O)N(C)c4ccc(Oc5ccc(NS(C)(=O)=O)cc5)cc4)cc3)c2)o1. The number of hydrogen-bond donors (Lipinski definition) is 1. The Labute approximate surface area is 232 Å². The van der Waals surface area contributed by atoms with Crippen molar-refractivity contribution in [3.63, 3.8) is 0 Å². The highest BCUT2D eigenvalue weighted by molar-refractivity contribution is 7.92. The molecule has 0 spiro atoms. The molecular weight excluding hydrogens is 528 g/mol. The van der Waals surface area contributed by atoms with Crippen LogP contribution in [0.3, 0.4) is 0 Å². The van der Waals surface area contributed by atoms with Crippen molar-refractivity contribution in [3.05, 3.63) is 109 Å². The van der Waals surface area contributed by atoms with Crippen LogP contribution in [0.5, 0.6) is 11.5 Å². The first-order valence-electron chi connectivity index (χ1n) is 12.3. The fourth-order valence-corrected chi connectivity index (χ4v) is 4.60. The van der Waals surface area contributed by atoms with Crippen LogP contribution in [-0.4, -0.2) is 37.8 Å². The van der Waals surface area contributed by atoms with E-state index in [1.807, 2.05) is 36.4 Å². The summed E-state index contributed by atoms with van der Waals surface area (Å²) in [5.41, 5.74) is 4.46. The van der Waals surface area contributed by atoms with Crippen molar-refractivity contribution in [1.29, 1.82) is 0 Å². The van der Waals surface area contributed by atoms with Gasteiger partial charge in [0.05, 0.1) is 6.26 Å². The van der Waals surface area contributed by atoms with Crippen LogP contribution in [0.1, 0.15) is 16.2 Å². The zero-order chi connectivity index (χ0) is 28.3. The third-order valence-electron chi connectivity index (χ3n) is 6.02. The number of nitrogens with one attached hydrogen (secondary N) is 1. The summed E-state index contributed by atoms with van der Waals surface area (Å²) in [6.07, 6.45) is 1.09. The lowest BCUT2D eigenvalue weighted by molar-refractivity contribution is 0.0993. The number of sulfonamides is 1. The van der Waals surface area contributed by atoms with Gasteiger partial charge in [-0.15, -0.1) is 10.2 Å². The summed E-state index contributed by atoms with van der Waals surface area (Å²) in [5, 5.41) is 7.97. The summed E-state index contributed by atoms with van der Waals surface area (Å²) in [5.74, 6) is 1.95. The van der Waals surface area contributed by atoms with Gasteiger partial charge >= 0.3 is 0 Å². The molecule has 0 unspecified atom stereocenters. The Morgan fingerprint density at radius 2 is 1.45 bits per heavy atom. The molecule has 0 saturated carbocycles. The maximum Gasteiger partial charge on any atom is 0.258 e. The zero-order valence-corrected chi connectivity index (χ0v) is 22.8. The van der Waals surface area contributed by atoms with E-state index in [-0.39, 0.29) is 5.91 Å². The molecule has 0 saturated heterocycles. The predicted octanol–water partition coefficient (Wildman–Crippen LogP) is 6.15. The largest absolute Gasteiger partial charge is 0.457 e. The minimum Gasteiger partial charge on any atom is -0.457 e. The Kier molecular flexibility index (Phi) is 7.35. The van der Waals surface area contributed by atoms with Crippen LogP contribution >= 0.6 is 0 Å². The smallest absolute Gasteiger partial charge is 0.258 e. The van der Waals surface area contributed by atoms with Crippen molar-refractivity contribution < 1.29 is 22.4 Å². The van der Waals surface area contributed by atoms with Crippen molar-refractivity contribution in [3.8, 4) is 34.1 Å². The molecule has 9 nitrogen and oxygen atoms in total. The number of carbonyl (C=O) groups excluding carboxylic acids is 1. The molecule has 4 aromatic carbocycles. The lowest BCUT2D eigenvalue weighted by Crippen LogP contribution is -2.26. The van der Waals surface area contributed by atoms with E-state index >= 15 is 0 Å². The van der Waals surface area contributed by atoms with Crippen LogP contribution in [-0.2, 0) is 10.0 Å². The van der Waals surface area contributed by atoms with Crippen molar-refractivity contribution in [1.82, 2.24) is 10.2 Å². The normalized spacial score (nSPS) is 11.2. The Hall–Kier alpha value is -4.96. The summed E-state index contributed by atoms with van der Waals surface area (Å²) >= 11 is 0. The number of ether oxygens (including phenoxy) is 1. The van der Waals surface area contributed by atoms with Gasteiger partial charge in [-0.1, -0.05) is 24.3 Å². The average Bonchev–Trinajstić information content (AvgIpc) is 3.39. The molecule has 0 bridgehead atoms. The van der Waals surface area contributed by atoms with Crippen LogP contribution in [0.15, 0.2) is 101 Å². The summed E-state index contributed by atoms with van der Waals surface area (Å²) in [6.45, 7) is 1.75. The standard InChI is InChI=1S/C30H26N4O5S/c1-20-31-32-29(38-20)24-6-4-5-23(19-24)21-7-9-22(10-8-21)30(35)34(2)26-13-17-28(18-14-26)39-27-15-11-25(12-16-27)33-40(3,36)37/h4-19,33H,1-3H3. The molecule has 1 N–H and O–H groups in total. The van der Waals surface area contributed by atoms with E-state index in [0.717, 1.165) is 22.9 Å². The summed E-state index contributed by atoms with van der Waals surface area (Å²) in [4.78, 5) is 14.7. The molecule has 1 heterocycles. The molecule has 0 radical (unpaired) electrons. The fraction of sp³-hybridized carbons (Fsp3) is 0.100. The average molecular weight is 555 g/mol. The highest BCUT2D eigenvalue weighted by atomic mass is 32.2. The van der Waals surface area contributed by atoms with Gasteiger partial charge in [-0.3, -0.25) is 9.52 Å². The second-order valence-corrected chi connectivity index (χ2v) is 10.9. The van der Waals surface area contributed by atoms with Gasteiger partial charge < -0.3 is 14.1 Å². The summed E-state index contributed by atoms with van der Waals surface area (Å²) in [7, 11) is -1.63. The molecule has 202 valence electrons. The number of hydrogen-bond acceptors (Lipinski definition) is 7. The van der Waals surface area contributed by atoms with Gasteiger partial charge in [0.25, 0.3) is 5.91 Å². The molecule has 0 fully saturated rings. The third-order valence-corrected chi connectivity index (χ3v) is 6.63. The van der Waals surface area contributed by atoms with Crippen molar-refractivity contribution >= 4 is 27.3 Å². The fourth-order valence-electron chi connectivity index (χ4n) is 4.04. The van der Waals surface area contributed by atoms with Crippen LogP contribution in [0.25, 0.3) is 22.6 Å². The highest BCUT2D eigenvalue weighted by Gasteiger charge is 2.15. The lowest BCUT2D eigenvalue weighted by Gasteiger charge is -2.18. The van der Waals surface area contributed by atoms with Gasteiger partial charge in [0, 0.05) is 36.5 Å². The van der Waals surface area contributed by atoms with E-state index in [9.17, 15) is 13.2 Å². The predicted molar refractivity (Wildman–Crippen MR) is 154 cm³/mol. The van der Waals surface area contributed by atoms with Crippen molar-refractivity contribution in [2.24, 2.45) is 0 Å². The van der Waals surface area contributed by atoms with E-state index < -0.39 is 10.0 Å². The first kappa shape index (κ1) is 26.6. The Morgan fingerprint density at radius 1 is 0.825 bits per heavy atom. The Morgan fingerprint density at radius 3 is 2.05 bits per heavy atom. The molecule has 0 aliphatic rings. The first-order valence-corrected chi connectivity index (χ1v) is 14.2. The van der Waals surface area contributed by atoms with E-state index in [2.05, 4.69) is 14.9 Å².